The molecule has 0 aromatic heterocycles. The molecule has 0 saturated carbocycles. The minimum atomic E-state index is -1.45. The molecule has 8 heteroatoms. The zero-order chi connectivity index (χ0) is 40.1. The first kappa shape index (κ1) is 40.3. The smallest absolute Gasteiger partial charge is 0.410 e. The maximum atomic E-state index is 14.9. The monoisotopic (exact) mass is 770 g/mol. The first-order valence-electron chi connectivity index (χ1n) is 19.3. The van der Waals surface area contributed by atoms with Crippen molar-refractivity contribution in [3.05, 3.63) is 166 Å². The largest absolute Gasteiger partial charge is 0.448 e. The van der Waals surface area contributed by atoms with Gasteiger partial charge < -0.3 is 14.4 Å². The van der Waals surface area contributed by atoms with Crippen LogP contribution in [-0.2, 0) is 24.7 Å². The van der Waals surface area contributed by atoms with E-state index in [1.54, 1.807) is 20.2 Å². The van der Waals surface area contributed by atoms with Crippen LogP contribution in [0.1, 0.15) is 73.4 Å². The summed E-state index contributed by atoms with van der Waals surface area (Å²) in [6, 6.07) is 39.2. The molecular weight excluding hydrogens is 720 g/mol. The third kappa shape index (κ3) is 7.96. The van der Waals surface area contributed by atoms with Crippen LogP contribution in [0.2, 0.25) is 5.02 Å². The van der Waals surface area contributed by atoms with Crippen molar-refractivity contribution in [1.82, 2.24) is 9.80 Å². The van der Waals surface area contributed by atoms with Crippen LogP contribution in [0.3, 0.4) is 0 Å². The molecule has 1 aliphatic carbocycles. The van der Waals surface area contributed by atoms with Crippen LogP contribution >= 0.6 is 11.6 Å². The molecular formula is C48H51ClN2O5. The molecule has 6 rings (SSSR count). The number of aryl methyl sites for hydroxylation is 1. The van der Waals surface area contributed by atoms with Crippen molar-refractivity contribution in [3.8, 4) is 11.1 Å². The number of likely N-dealkylation sites (N-methyl/N-ethyl adjacent to an activating group) is 2. The van der Waals surface area contributed by atoms with Crippen molar-refractivity contribution in [2.24, 2.45) is 11.8 Å². The second kappa shape index (κ2) is 17.2. The first-order valence-corrected chi connectivity index (χ1v) is 19.7. The van der Waals surface area contributed by atoms with Crippen LogP contribution in [0.4, 0.5) is 4.79 Å². The zero-order valence-electron chi connectivity index (χ0n) is 33.2. The molecule has 0 spiro atoms. The van der Waals surface area contributed by atoms with Crippen molar-refractivity contribution in [2.45, 2.75) is 64.6 Å². The molecule has 0 N–H and O–H groups in total. The summed E-state index contributed by atoms with van der Waals surface area (Å²) in [6.07, 6.45) is -0.293. The Labute approximate surface area is 336 Å². The fourth-order valence-electron chi connectivity index (χ4n) is 8.01. The summed E-state index contributed by atoms with van der Waals surface area (Å²) in [5, 5.41) is 0.430. The highest BCUT2D eigenvalue weighted by molar-refractivity contribution is 6.31. The number of amides is 2. The zero-order valence-corrected chi connectivity index (χ0v) is 34.0. The predicted octanol–water partition coefficient (Wildman–Crippen LogP) is 10.3. The van der Waals surface area contributed by atoms with Gasteiger partial charge in [-0.2, -0.15) is 0 Å². The first-order chi connectivity index (χ1) is 26.8. The van der Waals surface area contributed by atoms with Gasteiger partial charge in [0.2, 0.25) is 5.91 Å². The molecule has 5 aromatic rings. The number of rotatable bonds is 13. The lowest BCUT2D eigenvalue weighted by atomic mass is 9.79. The van der Waals surface area contributed by atoms with E-state index in [-0.39, 0.29) is 24.4 Å². The van der Waals surface area contributed by atoms with Gasteiger partial charge in [0.1, 0.15) is 18.7 Å². The van der Waals surface area contributed by atoms with Crippen LogP contribution in [0.15, 0.2) is 127 Å². The number of halogens is 1. The number of hydrogen-bond acceptors (Lipinski definition) is 5. The number of carbonyl (C=O) groups excluding carboxylic acids is 3. The molecule has 0 heterocycles. The Kier molecular flexibility index (Phi) is 12.3. The van der Waals surface area contributed by atoms with Crippen molar-refractivity contribution < 1.29 is 23.9 Å². The lowest BCUT2D eigenvalue weighted by Crippen LogP contribution is -2.56. The van der Waals surface area contributed by atoms with Gasteiger partial charge in [-0.3, -0.25) is 9.69 Å². The summed E-state index contributed by atoms with van der Waals surface area (Å²) >= 11 is 6.95. The molecule has 2 amide bonds. The average molecular weight is 771 g/mol. The molecule has 0 fully saturated rings. The second-order valence-electron chi connectivity index (χ2n) is 15.5. The van der Waals surface area contributed by atoms with E-state index in [0.29, 0.717) is 28.1 Å². The van der Waals surface area contributed by atoms with Crippen molar-refractivity contribution in [3.63, 3.8) is 0 Å². The Morgan fingerprint density at radius 2 is 1.23 bits per heavy atom. The number of esters is 1. The molecule has 0 radical (unpaired) electrons. The minimum Gasteiger partial charge on any atom is -0.448 e. The topological polar surface area (TPSA) is 76.2 Å². The highest BCUT2D eigenvalue weighted by atomic mass is 35.5. The minimum absolute atomic E-state index is 0.0194. The summed E-state index contributed by atoms with van der Waals surface area (Å²) in [4.78, 5) is 46.2. The second-order valence-corrected chi connectivity index (χ2v) is 15.9. The molecule has 290 valence electrons. The normalized spacial score (nSPS) is 14.3. The Bertz CT molecular complexity index is 2120. The van der Waals surface area contributed by atoms with Gasteiger partial charge in [0, 0.05) is 41.7 Å². The fourth-order valence-corrected chi connectivity index (χ4v) is 8.27. The van der Waals surface area contributed by atoms with E-state index in [9.17, 15) is 14.4 Å². The molecule has 3 atom stereocenters. The fraction of sp³-hybridized carbons (Fsp3) is 0.312. The van der Waals surface area contributed by atoms with Crippen molar-refractivity contribution in [1.29, 1.82) is 0 Å². The lowest BCUT2D eigenvalue weighted by molar-refractivity contribution is -0.164. The summed E-state index contributed by atoms with van der Waals surface area (Å²) in [5.41, 5.74) is 6.08. The van der Waals surface area contributed by atoms with E-state index in [2.05, 4.69) is 24.3 Å². The third-order valence-corrected chi connectivity index (χ3v) is 11.2. The van der Waals surface area contributed by atoms with Crippen LogP contribution in [0.5, 0.6) is 0 Å². The molecule has 56 heavy (non-hydrogen) atoms. The molecule has 5 aromatic carbocycles. The van der Waals surface area contributed by atoms with Crippen LogP contribution in [-0.4, -0.2) is 60.6 Å². The maximum absolute atomic E-state index is 14.9. The van der Waals surface area contributed by atoms with Gasteiger partial charge >= 0.3 is 12.1 Å². The summed E-state index contributed by atoms with van der Waals surface area (Å²) in [5.74, 6) is -1.39. The van der Waals surface area contributed by atoms with Crippen LogP contribution < -0.4 is 0 Å². The molecule has 0 saturated heterocycles. The van der Waals surface area contributed by atoms with Gasteiger partial charge in [0.15, 0.2) is 5.60 Å². The Hall–Kier alpha value is -5.40. The highest BCUT2D eigenvalue weighted by Gasteiger charge is 2.46. The number of nitrogens with zero attached hydrogens (tertiary/aromatic N) is 2. The molecule has 7 nitrogen and oxygen atoms in total. The van der Waals surface area contributed by atoms with E-state index >= 15 is 0 Å². The standard InChI is InChI=1S/C48H51ClN2O5/c1-31(2)29-43(46(53)56-48(34-17-9-8-10-18-34,35-27-25-33(5)26-28-35)41-23-15-16-24-42(41)49)50(6)45(52)44(32(3)4)51(7)47(54)55-30-40-38-21-13-11-19-36(38)37-20-12-14-22-39(37)40/h8-28,31-32,40,43-44H,29-30H2,1-7H3/t43-,44+,48?/m0/s1. The van der Waals surface area contributed by atoms with Gasteiger partial charge in [-0.25, -0.2) is 9.59 Å². The molecule has 0 aliphatic heterocycles. The molecule has 0 bridgehead atoms. The predicted molar refractivity (Wildman–Crippen MR) is 223 cm³/mol. The SMILES string of the molecule is Cc1ccc(C(OC(=O)[C@H](CC(C)C)N(C)C(=O)[C@@H](C(C)C)N(C)C(=O)OCC2c3ccccc3-c3ccccc32)(c2ccccc2)c2ccccc2Cl)cc1. The Morgan fingerprint density at radius 1 is 0.696 bits per heavy atom. The molecule has 1 unspecified atom stereocenters. The van der Waals surface area contributed by atoms with Crippen molar-refractivity contribution in [2.75, 3.05) is 20.7 Å². The number of carbonyl (C=O) groups is 3. The van der Waals surface area contributed by atoms with Crippen LogP contribution in [0.25, 0.3) is 11.1 Å². The van der Waals surface area contributed by atoms with Crippen LogP contribution in [0, 0.1) is 18.8 Å². The number of hydrogen-bond donors (Lipinski definition) is 0. The van der Waals surface area contributed by atoms with Gasteiger partial charge in [-0.1, -0.05) is 166 Å². The maximum Gasteiger partial charge on any atom is 0.410 e. The van der Waals surface area contributed by atoms with E-state index in [1.807, 2.05) is 132 Å². The lowest BCUT2D eigenvalue weighted by Gasteiger charge is -2.40. The summed E-state index contributed by atoms with van der Waals surface area (Å²) in [6.45, 7) is 9.89. The van der Waals surface area contributed by atoms with Crippen molar-refractivity contribution >= 4 is 29.6 Å². The number of fused-ring (bicyclic) bond motifs is 3. The quantitative estimate of drug-likeness (QED) is 0.0880. The number of benzene rings is 5. The van der Waals surface area contributed by atoms with E-state index in [1.165, 1.54) is 9.80 Å². The van der Waals surface area contributed by atoms with Gasteiger partial charge in [-0.05, 0) is 53.5 Å². The van der Waals surface area contributed by atoms with E-state index < -0.39 is 35.7 Å². The number of ether oxygens (including phenoxy) is 2. The highest BCUT2D eigenvalue weighted by Crippen LogP contribution is 2.46. The van der Waals surface area contributed by atoms with Gasteiger partial charge in [-0.15, -0.1) is 0 Å². The van der Waals surface area contributed by atoms with E-state index in [0.717, 1.165) is 27.8 Å². The molecule has 1 aliphatic rings. The summed E-state index contributed by atoms with van der Waals surface area (Å²) in [7, 11) is 3.20. The third-order valence-electron chi connectivity index (χ3n) is 10.9. The van der Waals surface area contributed by atoms with Gasteiger partial charge in [0.05, 0.1) is 0 Å². The Balaban J connectivity index is 1.30. The summed E-state index contributed by atoms with van der Waals surface area (Å²) < 4.78 is 12.8. The van der Waals surface area contributed by atoms with Gasteiger partial charge in [0.25, 0.3) is 0 Å². The Morgan fingerprint density at radius 3 is 1.80 bits per heavy atom. The van der Waals surface area contributed by atoms with E-state index in [4.69, 9.17) is 21.1 Å². The average Bonchev–Trinajstić information content (AvgIpc) is 3.51.